The molecule has 11 nitrogen and oxygen atoms in total. The van der Waals surface area contributed by atoms with E-state index in [1.54, 1.807) is 50.1 Å². The molecule has 3 heterocycles. The number of nitrogens with one attached hydrogen (secondary N) is 2. The lowest BCUT2D eigenvalue weighted by atomic mass is 10.3. The summed E-state index contributed by atoms with van der Waals surface area (Å²) in [6, 6.07) is 11.0. The molecule has 1 aromatic carbocycles. The second-order valence-electron chi connectivity index (χ2n) is 8.51. The molecule has 1 saturated heterocycles. The topological polar surface area (TPSA) is 118 Å². The zero-order valence-corrected chi connectivity index (χ0v) is 20.1. The predicted octanol–water partition coefficient (Wildman–Crippen LogP) is 3.42. The van der Waals surface area contributed by atoms with Crippen LogP contribution in [-0.2, 0) is 9.53 Å². The Morgan fingerprint density at radius 1 is 1.00 bits per heavy atom. The number of anilines is 4. The minimum absolute atomic E-state index is 0.107. The Balaban J connectivity index is 1.39. The smallest absolute Gasteiger partial charge is 0.411 e. The number of aromatic nitrogens is 4. The number of pyridine rings is 1. The largest absolute Gasteiger partial charge is 0.447 e. The zero-order valence-electron chi connectivity index (χ0n) is 20.1. The van der Waals surface area contributed by atoms with E-state index in [-0.39, 0.29) is 12.0 Å². The number of hydrogen-bond donors (Lipinski definition) is 2. The van der Waals surface area contributed by atoms with Crippen LogP contribution < -0.4 is 15.5 Å². The third-order valence-corrected chi connectivity index (χ3v) is 5.48. The van der Waals surface area contributed by atoms with Crippen molar-refractivity contribution in [1.29, 1.82) is 0 Å². The second kappa shape index (κ2) is 10.9. The molecule has 35 heavy (non-hydrogen) atoms. The van der Waals surface area contributed by atoms with E-state index in [1.807, 2.05) is 29.2 Å². The Kier molecular flexibility index (Phi) is 7.44. The van der Waals surface area contributed by atoms with E-state index in [4.69, 9.17) is 4.74 Å². The maximum Gasteiger partial charge on any atom is 0.411 e. The molecule has 0 aliphatic carbocycles. The van der Waals surface area contributed by atoms with Gasteiger partial charge in [0.05, 0.1) is 11.8 Å². The summed E-state index contributed by atoms with van der Waals surface area (Å²) < 4.78 is 6.77. The fourth-order valence-electron chi connectivity index (χ4n) is 3.76. The minimum atomic E-state index is -0.491. The van der Waals surface area contributed by atoms with Gasteiger partial charge in [-0.2, -0.15) is 4.98 Å². The Hall–Kier alpha value is -4.15. The maximum absolute atomic E-state index is 11.7. The summed E-state index contributed by atoms with van der Waals surface area (Å²) in [4.78, 5) is 36.4. The molecule has 1 fully saturated rings. The molecule has 11 heteroatoms. The fraction of sp³-hybridized carbons (Fsp3) is 0.375. The van der Waals surface area contributed by atoms with Gasteiger partial charge in [-0.3, -0.25) is 10.1 Å². The van der Waals surface area contributed by atoms with E-state index in [0.717, 1.165) is 43.2 Å². The molecule has 0 saturated carbocycles. The fourth-order valence-corrected chi connectivity index (χ4v) is 3.76. The van der Waals surface area contributed by atoms with Gasteiger partial charge in [-0.05, 0) is 50.6 Å². The number of amides is 2. The zero-order chi connectivity index (χ0) is 24.8. The van der Waals surface area contributed by atoms with Gasteiger partial charge in [0.25, 0.3) is 0 Å². The lowest BCUT2D eigenvalue weighted by Gasteiger charge is -2.22. The third kappa shape index (κ3) is 6.46. The molecule has 0 radical (unpaired) electrons. The number of rotatable bonds is 6. The quantitative estimate of drug-likeness (QED) is 0.553. The summed E-state index contributed by atoms with van der Waals surface area (Å²) in [7, 11) is 0. The summed E-state index contributed by atoms with van der Waals surface area (Å²) in [6.45, 7) is 8.23. The molecule has 0 unspecified atom stereocenters. The van der Waals surface area contributed by atoms with Gasteiger partial charge in [0.2, 0.25) is 11.9 Å². The minimum Gasteiger partial charge on any atom is -0.447 e. The van der Waals surface area contributed by atoms with Gasteiger partial charge in [0, 0.05) is 56.7 Å². The van der Waals surface area contributed by atoms with Gasteiger partial charge < -0.3 is 19.9 Å². The molecular weight excluding hydrogens is 448 g/mol. The van der Waals surface area contributed by atoms with Crippen molar-refractivity contribution in [3.63, 3.8) is 0 Å². The second-order valence-corrected chi connectivity index (χ2v) is 8.51. The highest BCUT2D eigenvalue weighted by Crippen LogP contribution is 2.20. The molecule has 1 aliphatic rings. The van der Waals surface area contributed by atoms with Crippen molar-refractivity contribution in [3.05, 3.63) is 48.9 Å². The molecule has 0 atom stereocenters. The normalized spacial score (nSPS) is 13.9. The van der Waals surface area contributed by atoms with E-state index in [2.05, 4.69) is 30.6 Å². The average molecular weight is 479 g/mol. The summed E-state index contributed by atoms with van der Waals surface area (Å²) in [5, 5.41) is 10.4. The molecule has 3 aromatic rings. The molecule has 1 aliphatic heterocycles. The molecule has 4 rings (SSSR count). The van der Waals surface area contributed by atoms with Crippen molar-refractivity contribution in [2.75, 3.05) is 41.7 Å². The van der Waals surface area contributed by atoms with Crippen molar-refractivity contribution in [2.24, 2.45) is 0 Å². The number of hydrogen-bond acceptors (Lipinski definition) is 8. The van der Waals surface area contributed by atoms with Gasteiger partial charge >= 0.3 is 6.09 Å². The van der Waals surface area contributed by atoms with Crippen molar-refractivity contribution >= 4 is 35.1 Å². The van der Waals surface area contributed by atoms with Gasteiger partial charge in [-0.15, -0.1) is 5.10 Å². The first-order valence-electron chi connectivity index (χ1n) is 11.6. The Morgan fingerprint density at radius 2 is 1.77 bits per heavy atom. The number of ether oxygens (including phenoxy) is 1. The van der Waals surface area contributed by atoms with Crippen molar-refractivity contribution in [2.45, 2.75) is 33.3 Å². The number of nitrogens with zero attached hydrogens (tertiary/aromatic N) is 6. The molecule has 0 spiro atoms. The lowest BCUT2D eigenvalue weighted by Crippen LogP contribution is -2.33. The van der Waals surface area contributed by atoms with Crippen molar-refractivity contribution < 1.29 is 14.3 Å². The van der Waals surface area contributed by atoms with Crippen LogP contribution in [0.3, 0.4) is 0 Å². The SMILES string of the molecule is CC(=O)N1CCCN(c2cc(-n3cnc(Nc4ccc(NC(=O)OC(C)C)cc4)n3)ccn2)CC1. The van der Waals surface area contributed by atoms with Crippen LogP contribution in [0.4, 0.5) is 27.9 Å². The Labute approximate surface area is 204 Å². The van der Waals surface area contributed by atoms with Gasteiger partial charge in [0.15, 0.2) is 0 Å². The van der Waals surface area contributed by atoms with Crippen molar-refractivity contribution in [1.82, 2.24) is 24.6 Å². The van der Waals surface area contributed by atoms with Crippen LogP contribution >= 0.6 is 0 Å². The van der Waals surface area contributed by atoms with Crippen LogP contribution in [-0.4, -0.2) is 68.9 Å². The van der Waals surface area contributed by atoms with Crippen LogP contribution in [0.5, 0.6) is 0 Å². The monoisotopic (exact) mass is 478 g/mol. The van der Waals surface area contributed by atoms with E-state index < -0.39 is 6.09 Å². The first-order valence-corrected chi connectivity index (χ1v) is 11.6. The van der Waals surface area contributed by atoms with Crippen LogP contribution in [0.2, 0.25) is 0 Å². The standard InChI is InChI=1S/C24H30N8O3/c1-17(2)35-24(34)28-20-7-5-19(6-8-20)27-23-26-16-32(29-23)21-9-10-25-22(15-21)31-12-4-11-30(13-14-31)18(3)33/h5-10,15-17H,4,11-14H2,1-3H3,(H,27,29)(H,28,34). The van der Waals surface area contributed by atoms with Gasteiger partial charge in [-0.1, -0.05) is 0 Å². The van der Waals surface area contributed by atoms with E-state index >= 15 is 0 Å². The summed E-state index contributed by atoms with van der Waals surface area (Å²) in [5.41, 5.74) is 2.25. The summed E-state index contributed by atoms with van der Waals surface area (Å²) in [6.07, 6.45) is 3.61. The van der Waals surface area contributed by atoms with Crippen molar-refractivity contribution in [3.8, 4) is 5.69 Å². The molecule has 184 valence electrons. The lowest BCUT2D eigenvalue weighted by molar-refractivity contribution is -0.128. The maximum atomic E-state index is 11.7. The molecule has 2 aromatic heterocycles. The molecule has 2 N–H and O–H groups in total. The number of carbonyl (C=O) groups excluding carboxylic acids is 2. The van der Waals surface area contributed by atoms with E-state index in [0.29, 0.717) is 18.2 Å². The predicted molar refractivity (Wildman–Crippen MR) is 133 cm³/mol. The first-order chi connectivity index (χ1) is 16.9. The highest BCUT2D eigenvalue weighted by atomic mass is 16.6. The van der Waals surface area contributed by atoms with E-state index in [1.165, 1.54) is 0 Å². The Morgan fingerprint density at radius 3 is 2.51 bits per heavy atom. The summed E-state index contributed by atoms with van der Waals surface area (Å²) in [5.74, 6) is 1.39. The van der Waals surface area contributed by atoms with E-state index in [9.17, 15) is 9.59 Å². The first kappa shape index (κ1) is 24.0. The van der Waals surface area contributed by atoms with Crippen LogP contribution in [0.1, 0.15) is 27.2 Å². The number of benzene rings is 1. The molecular formula is C24H30N8O3. The third-order valence-electron chi connectivity index (χ3n) is 5.48. The van der Waals surface area contributed by atoms with Crippen LogP contribution in [0, 0.1) is 0 Å². The van der Waals surface area contributed by atoms with Gasteiger partial charge in [-0.25, -0.2) is 14.5 Å². The molecule has 0 bridgehead atoms. The number of carbonyl (C=O) groups is 2. The summed E-state index contributed by atoms with van der Waals surface area (Å²) >= 11 is 0. The highest BCUT2D eigenvalue weighted by molar-refractivity contribution is 5.85. The highest BCUT2D eigenvalue weighted by Gasteiger charge is 2.18. The van der Waals surface area contributed by atoms with Gasteiger partial charge in [0.1, 0.15) is 12.1 Å². The average Bonchev–Trinajstić information content (AvgIpc) is 3.14. The molecule has 2 amide bonds. The van der Waals surface area contributed by atoms with Crippen LogP contribution in [0.25, 0.3) is 5.69 Å². The Bertz CT molecular complexity index is 1160. The van der Waals surface area contributed by atoms with Crippen LogP contribution in [0.15, 0.2) is 48.9 Å².